The van der Waals surface area contributed by atoms with Gasteiger partial charge >= 0.3 is 11.8 Å². The highest BCUT2D eigenvalue weighted by atomic mass is 127. The average molecular weight is 614 g/mol. The quantitative estimate of drug-likeness (QED) is 0.144. The van der Waals surface area contributed by atoms with Crippen molar-refractivity contribution in [1.82, 2.24) is 5.43 Å². The van der Waals surface area contributed by atoms with Gasteiger partial charge < -0.3 is 20.1 Å². The lowest BCUT2D eigenvalue weighted by atomic mass is 10.1. The predicted molar refractivity (Wildman–Crippen MR) is 151 cm³/mol. The van der Waals surface area contributed by atoms with Crippen LogP contribution in [-0.2, 0) is 20.8 Å². The first-order chi connectivity index (χ1) is 17.8. The van der Waals surface area contributed by atoms with Crippen molar-refractivity contribution in [2.45, 2.75) is 20.3 Å². The number of carbonyl (C=O) groups excluding carboxylic acids is 3. The van der Waals surface area contributed by atoms with Crippen LogP contribution in [0.1, 0.15) is 23.6 Å². The van der Waals surface area contributed by atoms with E-state index in [9.17, 15) is 14.4 Å². The molecule has 0 heterocycles. The Balaban J connectivity index is 1.59. The maximum absolute atomic E-state index is 12.4. The zero-order valence-corrected chi connectivity index (χ0v) is 22.8. The fourth-order valence-electron chi connectivity index (χ4n) is 3.34. The summed E-state index contributed by atoms with van der Waals surface area (Å²) < 4.78 is 11.8. The van der Waals surface area contributed by atoms with Crippen LogP contribution in [0.4, 0.5) is 11.4 Å². The molecule has 0 aliphatic heterocycles. The third-order valence-corrected chi connectivity index (χ3v) is 6.05. The van der Waals surface area contributed by atoms with Crippen molar-refractivity contribution in [3.63, 3.8) is 0 Å². The number of methoxy groups -OCH3 is 1. The molecule has 0 fully saturated rings. The molecule has 10 heteroatoms. The summed E-state index contributed by atoms with van der Waals surface area (Å²) in [4.78, 5) is 36.7. The van der Waals surface area contributed by atoms with Crippen molar-refractivity contribution in [3.8, 4) is 11.5 Å². The molecule has 0 radical (unpaired) electrons. The van der Waals surface area contributed by atoms with Crippen LogP contribution < -0.4 is 25.5 Å². The molecule has 0 saturated heterocycles. The number of anilines is 2. The Kier molecular flexibility index (Phi) is 10.0. The molecule has 0 aliphatic carbocycles. The highest BCUT2D eigenvalue weighted by Crippen LogP contribution is 2.33. The Labute approximate surface area is 228 Å². The largest absolute Gasteiger partial charge is 0.493 e. The number of hydrogen-bond donors (Lipinski definition) is 3. The highest BCUT2D eigenvalue weighted by Gasteiger charge is 2.16. The number of ether oxygens (including phenoxy) is 2. The van der Waals surface area contributed by atoms with E-state index in [1.54, 1.807) is 24.3 Å². The van der Waals surface area contributed by atoms with Crippen LogP contribution in [0, 0.1) is 10.5 Å². The van der Waals surface area contributed by atoms with Gasteiger partial charge in [0.25, 0.3) is 5.91 Å². The number of hydrogen-bond acceptors (Lipinski definition) is 6. The minimum absolute atomic E-state index is 0.208. The van der Waals surface area contributed by atoms with Crippen LogP contribution in [0.2, 0.25) is 0 Å². The molecule has 3 aromatic rings. The van der Waals surface area contributed by atoms with E-state index in [1.165, 1.54) is 13.3 Å². The molecule has 0 atom stereocenters. The van der Waals surface area contributed by atoms with Gasteiger partial charge in [0.1, 0.15) is 0 Å². The Morgan fingerprint density at radius 1 is 0.973 bits per heavy atom. The lowest BCUT2D eigenvalue weighted by molar-refractivity contribution is -0.136. The molecule has 192 valence electrons. The SMILES string of the molecule is CCc1ccccc1NC(=O)C(=O)N/N=C\c1cc(I)c(OCC(=O)Nc2ccccc2C)c(OC)c1. The number of amides is 3. The molecule has 3 rings (SSSR count). The first-order valence-corrected chi connectivity index (χ1v) is 12.5. The van der Waals surface area contributed by atoms with Gasteiger partial charge in [-0.2, -0.15) is 5.10 Å². The van der Waals surface area contributed by atoms with Crippen molar-refractivity contribution in [2.24, 2.45) is 5.10 Å². The molecule has 0 aromatic heterocycles. The van der Waals surface area contributed by atoms with Gasteiger partial charge in [-0.15, -0.1) is 0 Å². The van der Waals surface area contributed by atoms with Gasteiger partial charge in [0.2, 0.25) is 0 Å². The molecule has 0 saturated carbocycles. The van der Waals surface area contributed by atoms with Crippen LogP contribution >= 0.6 is 22.6 Å². The third-order valence-electron chi connectivity index (χ3n) is 5.25. The second-order valence-corrected chi connectivity index (χ2v) is 9.01. The van der Waals surface area contributed by atoms with Crippen molar-refractivity contribution >= 4 is 57.9 Å². The standard InChI is InChI=1S/C27H27IN4O5/c1-4-19-10-6-8-12-22(19)31-26(34)27(35)32-29-15-18-13-20(28)25(23(14-18)36-3)37-16-24(33)30-21-11-7-5-9-17(21)2/h5-15H,4,16H2,1-3H3,(H,30,33)(H,31,34)(H,32,35)/b29-15-. The normalized spacial score (nSPS) is 10.6. The van der Waals surface area contributed by atoms with E-state index >= 15 is 0 Å². The van der Waals surface area contributed by atoms with Crippen molar-refractivity contribution in [1.29, 1.82) is 0 Å². The monoisotopic (exact) mass is 614 g/mol. The van der Waals surface area contributed by atoms with E-state index < -0.39 is 11.8 Å². The minimum atomic E-state index is -0.900. The molecule has 0 bridgehead atoms. The van der Waals surface area contributed by atoms with E-state index in [0.717, 1.165) is 16.8 Å². The number of para-hydroxylation sites is 2. The summed E-state index contributed by atoms with van der Waals surface area (Å²) in [5.74, 6) is -1.24. The third kappa shape index (κ3) is 7.78. The average Bonchev–Trinajstić information content (AvgIpc) is 2.89. The summed E-state index contributed by atoms with van der Waals surface area (Å²) in [7, 11) is 1.48. The summed E-state index contributed by atoms with van der Waals surface area (Å²) in [6.45, 7) is 3.66. The second kappa shape index (κ2) is 13.4. The van der Waals surface area contributed by atoms with Crippen molar-refractivity contribution < 1.29 is 23.9 Å². The van der Waals surface area contributed by atoms with E-state index in [-0.39, 0.29) is 12.5 Å². The smallest absolute Gasteiger partial charge is 0.329 e. The number of nitrogens with zero attached hydrogens (tertiary/aromatic N) is 1. The molecule has 37 heavy (non-hydrogen) atoms. The summed E-state index contributed by atoms with van der Waals surface area (Å²) in [5, 5.41) is 9.28. The number of hydrazone groups is 1. The minimum Gasteiger partial charge on any atom is -0.493 e. The van der Waals surface area contributed by atoms with Gasteiger partial charge in [-0.05, 0) is 76.9 Å². The number of halogens is 1. The molecule has 0 aliphatic rings. The second-order valence-electron chi connectivity index (χ2n) is 7.85. The summed E-state index contributed by atoms with van der Waals surface area (Å²) in [6, 6.07) is 18.1. The number of carbonyl (C=O) groups is 3. The van der Waals surface area contributed by atoms with Crippen LogP contribution in [0.25, 0.3) is 0 Å². The predicted octanol–water partition coefficient (Wildman–Crippen LogP) is 4.28. The topological polar surface area (TPSA) is 118 Å². The van der Waals surface area contributed by atoms with Gasteiger partial charge in [0.05, 0.1) is 16.9 Å². The molecule has 3 aromatic carbocycles. The molecule has 3 amide bonds. The Hall–Kier alpha value is -3.93. The summed E-state index contributed by atoms with van der Waals surface area (Å²) in [6.07, 6.45) is 2.10. The maximum atomic E-state index is 12.4. The molecule has 0 unspecified atom stereocenters. The molecular formula is C27H27IN4O5. The Morgan fingerprint density at radius 3 is 2.38 bits per heavy atom. The molecular weight excluding hydrogens is 587 g/mol. The maximum Gasteiger partial charge on any atom is 0.329 e. The summed E-state index contributed by atoms with van der Waals surface area (Å²) >= 11 is 2.06. The number of benzene rings is 3. The highest BCUT2D eigenvalue weighted by molar-refractivity contribution is 14.1. The van der Waals surface area contributed by atoms with Gasteiger partial charge in [-0.1, -0.05) is 43.3 Å². The van der Waals surface area contributed by atoms with Crippen molar-refractivity contribution in [2.75, 3.05) is 24.4 Å². The molecule has 0 spiro atoms. The number of aryl methyl sites for hydroxylation is 2. The van der Waals surface area contributed by atoms with E-state index in [4.69, 9.17) is 9.47 Å². The first-order valence-electron chi connectivity index (χ1n) is 11.4. The Morgan fingerprint density at radius 2 is 1.68 bits per heavy atom. The van der Waals surface area contributed by atoms with Crippen LogP contribution in [0.15, 0.2) is 65.8 Å². The van der Waals surface area contributed by atoms with Gasteiger partial charge in [0.15, 0.2) is 18.1 Å². The van der Waals surface area contributed by atoms with E-state index in [2.05, 4.69) is 43.8 Å². The zero-order chi connectivity index (χ0) is 26.8. The zero-order valence-electron chi connectivity index (χ0n) is 20.6. The first kappa shape index (κ1) is 27.7. The number of rotatable bonds is 9. The van der Waals surface area contributed by atoms with E-state index in [0.29, 0.717) is 32.7 Å². The molecule has 3 N–H and O–H groups in total. The van der Waals surface area contributed by atoms with Crippen molar-refractivity contribution in [3.05, 3.63) is 80.9 Å². The van der Waals surface area contributed by atoms with Gasteiger partial charge in [-0.25, -0.2) is 5.43 Å². The number of nitrogens with one attached hydrogen (secondary N) is 3. The Bertz CT molecular complexity index is 1330. The van der Waals surface area contributed by atoms with Crippen LogP contribution in [-0.4, -0.2) is 37.7 Å². The fraction of sp³-hybridized carbons (Fsp3) is 0.185. The van der Waals surface area contributed by atoms with E-state index in [1.807, 2.05) is 50.2 Å². The fourth-order valence-corrected chi connectivity index (χ4v) is 4.12. The van der Waals surface area contributed by atoms with Crippen LogP contribution in [0.3, 0.4) is 0 Å². The summed E-state index contributed by atoms with van der Waals surface area (Å²) in [5.41, 5.74) is 5.98. The van der Waals surface area contributed by atoms with Gasteiger partial charge in [-0.3, -0.25) is 14.4 Å². The van der Waals surface area contributed by atoms with Gasteiger partial charge in [0, 0.05) is 11.4 Å². The van der Waals surface area contributed by atoms with Crippen LogP contribution in [0.5, 0.6) is 11.5 Å². The lowest BCUT2D eigenvalue weighted by Gasteiger charge is -2.14. The molecule has 9 nitrogen and oxygen atoms in total. The lowest BCUT2D eigenvalue weighted by Crippen LogP contribution is -2.32.